The first-order chi connectivity index (χ1) is 49.7. The minimum atomic E-state index is -1.06. The lowest BCUT2D eigenvalue weighted by atomic mass is 9.80. The highest BCUT2D eigenvalue weighted by atomic mass is 16.5. The van der Waals surface area contributed by atoms with E-state index < -0.39 is 60.5 Å². The molecule has 105 heavy (non-hydrogen) atoms. The van der Waals surface area contributed by atoms with Gasteiger partial charge in [0, 0.05) is 90.1 Å². The van der Waals surface area contributed by atoms with E-state index in [1.807, 2.05) is 48.5 Å². The van der Waals surface area contributed by atoms with Crippen molar-refractivity contribution in [1.29, 1.82) is 0 Å². The molecule has 0 radical (unpaired) electrons. The van der Waals surface area contributed by atoms with E-state index in [1.54, 1.807) is 48.5 Å². The number of amides is 6. The van der Waals surface area contributed by atoms with E-state index in [9.17, 15) is 19.2 Å². The molecule has 2 N–H and O–H groups in total. The zero-order valence-corrected chi connectivity index (χ0v) is 60.4. The average Bonchev–Trinajstić information content (AvgIpc) is 0.672. The minimum absolute atomic E-state index is 0.0173. The smallest absolute Gasteiger partial charge is 0.332 e. The number of imide groups is 2. The number of nitrogens with one attached hydrogen (secondary N) is 2. The third-order valence-electron chi connectivity index (χ3n) is 18.5. The van der Waals surface area contributed by atoms with E-state index in [1.165, 1.54) is 74.8 Å². The number of nitrogens with zero attached hydrogens (tertiary/aromatic N) is 4. The molecule has 20 heteroatoms. The summed E-state index contributed by atoms with van der Waals surface area (Å²) in [6.45, 7) is 31.4. The Balaban J connectivity index is 1.12. The first-order valence-corrected chi connectivity index (χ1v) is 34.2. The standard InChI is InChI=1S/C85H76N6O14/c1-44(2)47-16-24-53(25-17-47)100-61-38-57-69-58(80(97)90(79(57)96)42-67(92)104-65-36-51(32-34-86-65)88-77(94)45(3)4)40-63(102-55-28-20-49(21-29-55)84(10,11)12)73-74-64(103-56-30-22-50(23-31-56)85(13,14)15)41-60-70-59(39-62(72(76(70)74)71(61)75(69)73)101-54-26-18-48(19-27-54)83(7,8)9)81(98)91(82(60)99)43-68(93)105-66-37-52(33-35-87-66)89-78(95)46(5)6/h16-41,44H,3,5,42-43H2,1-2,4,6-15H3,(H,86,88,94)(H,87,89,95). The molecule has 0 fully saturated rings. The summed E-state index contributed by atoms with van der Waals surface area (Å²) < 4.78 is 40.2. The average molecular weight is 1410 g/mol. The molecular formula is C85H76N6O14. The van der Waals surface area contributed by atoms with Crippen LogP contribution in [-0.2, 0) is 35.4 Å². The van der Waals surface area contributed by atoms with Gasteiger partial charge in [0.2, 0.25) is 11.8 Å². The molecule has 13 rings (SSSR count). The van der Waals surface area contributed by atoms with E-state index in [4.69, 9.17) is 28.4 Å². The third-order valence-corrected chi connectivity index (χ3v) is 18.5. The van der Waals surface area contributed by atoms with Gasteiger partial charge in [0.25, 0.3) is 35.4 Å². The second-order valence-electron chi connectivity index (χ2n) is 29.7. The van der Waals surface area contributed by atoms with Gasteiger partial charge in [-0.15, -0.1) is 0 Å². The molecule has 4 heterocycles. The fraction of sp³-hybridized carbons (Fsp3) is 0.224. The predicted octanol–water partition coefficient (Wildman–Crippen LogP) is 18.1. The summed E-state index contributed by atoms with van der Waals surface area (Å²) in [5, 5.41) is 6.86. The SMILES string of the molecule is C=C(C)C(=O)Nc1ccnc(OC(=O)CN2C(=O)c3cc(Oc4ccc(C(C)C)cc4)c4c5c(Oc6ccc(C(C)(C)C)cc6)cc6c7c(cc(Oc8ccc(C(C)(C)C)cc8)c(c8c(Oc9ccc(C(C)(C)C)cc9)cc(c3c48)C2=O)c75)C(=O)N(CC(=O)Oc2cc(NC(=O)C(=C)C)ccn2)C6=O)c1. The number of pyridine rings is 2. The van der Waals surface area contributed by atoms with Crippen molar-refractivity contribution < 1.29 is 66.8 Å². The number of rotatable bonds is 19. The van der Waals surface area contributed by atoms with Crippen LogP contribution in [0.1, 0.15) is 160 Å². The molecule has 2 aliphatic heterocycles. The van der Waals surface area contributed by atoms with Gasteiger partial charge in [-0.05, 0) is 143 Å². The van der Waals surface area contributed by atoms with Gasteiger partial charge in [0.15, 0.2) is 0 Å². The van der Waals surface area contributed by atoms with E-state index in [0.717, 1.165) is 32.1 Å². The summed E-state index contributed by atoms with van der Waals surface area (Å²) in [7, 11) is 0. The molecule has 530 valence electrons. The van der Waals surface area contributed by atoms with E-state index in [-0.39, 0.29) is 145 Å². The van der Waals surface area contributed by atoms with Crippen LogP contribution in [0.25, 0.3) is 43.1 Å². The van der Waals surface area contributed by atoms with Crippen LogP contribution in [0.2, 0.25) is 0 Å². The molecule has 0 spiro atoms. The highest BCUT2D eigenvalue weighted by Crippen LogP contribution is 2.58. The van der Waals surface area contributed by atoms with Crippen LogP contribution < -0.4 is 39.1 Å². The molecule has 11 aromatic rings. The molecule has 0 atom stereocenters. The Morgan fingerprint density at radius 2 is 0.676 bits per heavy atom. The highest BCUT2D eigenvalue weighted by Gasteiger charge is 2.43. The minimum Gasteiger partial charge on any atom is -0.457 e. The van der Waals surface area contributed by atoms with Crippen molar-refractivity contribution in [2.24, 2.45) is 0 Å². The summed E-state index contributed by atoms with van der Waals surface area (Å²) in [6.07, 6.45) is 2.62. The quantitative estimate of drug-likeness (QED) is 0.0251. The molecule has 0 unspecified atom stereocenters. The fourth-order valence-corrected chi connectivity index (χ4v) is 12.8. The zero-order valence-electron chi connectivity index (χ0n) is 60.4. The lowest BCUT2D eigenvalue weighted by molar-refractivity contribution is -0.135. The fourth-order valence-electron chi connectivity index (χ4n) is 12.8. The van der Waals surface area contributed by atoms with Crippen LogP contribution in [0.15, 0.2) is 182 Å². The second-order valence-corrected chi connectivity index (χ2v) is 29.7. The van der Waals surface area contributed by atoms with Gasteiger partial charge < -0.3 is 39.1 Å². The molecule has 0 bridgehead atoms. The summed E-state index contributed by atoms with van der Waals surface area (Å²) in [4.78, 5) is 127. The molecule has 2 aromatic heterocycles. The maximum Gasteiger partial charge on any atom is 0.332 e. The third kappa shape index (κ3) is 13.9. The Hall–Kier alpha value is -12.6. The van der Waals surface area contributed by atoms with Crippen molar-refractivity contribution >= 4 is 102 Å². The van der Waals surface area contributed by atoms with Gasteiger partial charge in [0.1, 0.15) is 59.1 Å². The first-order valence-electron chi connectivity index (χ1n) is 34.2. The van der Waals surface area contributed by atoms with Crippen LogP contribution in [0.3, 0.4) is 0 Å². The van der Waals surface area contributed by atoms with E-state index >= 15 is 19.2 Å². The number of esters is 2. The number of hydrogen-bond donors (Lipinski definition) is 2. The number of fused-ring (bicyclic) bond motifs is 2. The van der Waals surface area contributed by atoms with Gasteiger partial charge in [-0.2, -0.15) is 0 Å². The Kier molecular flexibility index (Phi) is 18.2. The van der Waals surface area contributed by atoms with Gasteiger partial charge in [-0.25, -0.2) is 19.6 Å². The van der Waals surface area contributed by atoms with Gasteiger partial charge in [0.05, 0.1) is 22.3 Å². The van der Waals surface area contributed by atoms with Crippen LogP contribution >= 0.6 is 0 Å². The number of anilines is 2. The van der Waals surface area contributed by atoms with Gasteiger partial charge in [-0.3, -0.25) is 38.6 Å². The molecule has 0 saturated carbocycles. The van der Waals surface area contributed by atoms with Crippen LogP contribution in [0, 0.1) is 0 Å². The lowest BCUT2D eigenvalue weighted by Gasteiger charge is -2.32. The van der Waals surface area contributed by atoms with Crippen molar-refractivity contribution in [3.05, 3.63) is 227 Å². The van der Waals surface area contributed by atoms with Crippen LogP contribution in [0.5, 0.6) is 57.8 Å². The molecule has 20 nitrogen and oxygen atoms in total. The monoisotopic (exact) mass is 1400 g/mol. The van der Waals surface area contributed by atoms with Crippen molar-refractivity contribution in [3.8, 4) is 57.8 Å². The topological polar surface area (TPSA) is 248 Å². The Labute approximate surface area is 605 Å². The van der Waals surface area contributed by atoms with E-state index in [0.29, 0.717) is 23.0 Å². The first kappa shape index (κ1) is 70.8. The molecule has 0 aliphatic carbocycles. The molecule has 9 aromatic carbocycles. The number of carbonyl (C=O) groups is 8. The maximum absolute atomic E-state index is 15.9. The molecule has 6 amide bonds. The number of ether oxygens (including phenoxy) is 6. The molecular weight excluding hydrogens is 1330 g/mol. The summed E-state index contributed by atoms with van der Waals surface area (Å²) in [5.74, 6) is -5.83. The lowest BCUT2D eigenvalue weighted by Crippen LogP contribution is -2.44. The van der Waals surface area contributed by atoms with Crippen molar-refractivity contribution in [1.82, 2.24) is 19.8 Å². The highest BCUT2D eigenvalue weighted by molar-refractivity contribution is 6.45. The normalized spacial score (nSPS) is 13.0. The largest absolute Gasteiger partial charge is 0.457 e. The van der Waals surface area contributed by atoms with E-state index in [2.05, 4.69) is 110 Å². The number of benzene rings is 9. The van der Waals surface area contributed by atoms with Crippen molar-refractivity contribution in [2.45, 2.75) is 112 Å². The van der Waals surface area contributed by atoms with Crippen molar-refractivity contribution in [3.63, 3.8) is 0 Å². The maximum atomic E-state index is 15.9. The van der Waals surface area contributed by atoms with Gasteiger partial charge in [-0.1, -0.05) is 138 Å². The predicted molar refractivity (Wildman–Crippen MR) is 401 cm³/mol. The Morgan fingerprint density at radius 3 is 0.933 bits per heavy atom. The number of hydrogen-bond acceptors (Lipinski definition) is 16. The van der Waals surface area contributed by atoms with Crippen LogP contribution in [0.4, 0.5) is 11.4 Å². The molecule has 0 saturated heterocycles. The second kappa shape index (κ2) is 27.0. The van der Waals surface area contributed by atoms with Crippen molar-refractivity contribution in [2.75, 3.05) is 23.7 Å². The summed E-state index contributed by atoms with van der Waals surface area (Å²) in [6, 6.07) is 41.3. The summed E-state index contributed by atoms with van der Waals surface area (Å²) in [5.41, 5.74) is 3.60. The number of carbonyl (C=O) groups excluding carboxylic acids is 8. The Bertz CT molecular complexity index is 5480. The van der Waals surface area contributed by atoms with Crippen LogP contribution in [-0.4, -0.2) is 80.2 Å². The Morgan fingerprint density at radius 1 is 0.400 bits per heavy atom. The zero-order chi connectivity index (χ0) is 75.0. The molecule has 2 aliphatic rings. The summed E-state index contributed by atoms with van der Waals surface area (Å²) >= 11 is 0. The number of aromatic nitrogens is 2. The van der Waals surface area contributed by atoms with Gasteiger partial charge >= 0.3 is 11.9 Å².